The van der Waals surface area contributed by atoms with Crippen molar-refractivity contribution in [1.82, 2.24) is 9.97 Å². The number of aryl methyl sites for hydroxylation is 1. The Labute approximate surface area is 206 Å². The third-order valence-electron chi connectivity index (χ3n) is 6.05. The van der Waals surface area contributed by atoms with Crippen molar-refractivity contribution in [2.75, 3.05) is 51.7 Å². The first-order chi connectivity index (χ1) is 17.0. The normalized spacial score (nSPS) is 15.9. The van der Waals surface area contributed by atoms with E-state index < -0.39 is 17.8 Å². The second-order valence-electron chi connectivity index (χ2n) is 9.11. The third-order valence-corrected chi connectivity index (χ3v) is 6.05. The maximum absolute atomic E-state index is 13.3. The number of aromatic nitrogens is 2. The molecule has 36 heavy (non-hydrogen) atoms. The second kappa shape index (κ2) is 9.98. The number of hydrogen-bond donors (Lipinski definition) is 2. The summed E-state index contributed by atoms with van der Waals surface area (Å²) in [6, 6.07) is 6.49. The predicted octanol–water partition coefficient (Wildman–Crippen LogP) is 4.76. The fourth-order valence-corrected chi connectivity index (χ4v) is 4.15. The molecule has 2 aromatic carbocycles. The topological polar surface area (TPSA) is 101 Å². The largest absolute Gasteiger partial charge is 0.493 e. The number of nitrogens with zero attached hydrogens (tertiary/aromatic N) is 2. The van der Waals surface area contributed by atoms with Gasteiger partial charge in [0.2, 0.25) is 0 Å². The highest BCUT2D eigenvalue weighted by molar-refractivity contribution is 5.92. The lowest BCUT2D eigenvalue weighted by Gasteiger charge is -2.40. The number of rotatable bonds is 9. The molecule has 1 aromatic heterocycles. The van der Waals surface area contributed by atoms with Gasteiger partial charge in [0.1, 0.15) is 18.2 Å². The summed E-state index contributed by atoms with van der Waals surface area (Å²) in [5.74, 6) is 1.92. The third kappa shape index (κ3) is 5.41. The first-order valence-corrected chi connectivity index (χ1v) is 11.3. The van der Waals surface area contributed by atoms with E-state index in [0.717, 1.165) is 12.1 Å². The molecule has 1 saturated heterocycles. The molecule has 0 bridgehead atoms. The zero-order chi connectivity index (χ0) is 26.1. The molecule has 2 heterocycles. The Morgan fingerprint density at radius 2 is 1.83 bits per heavy atom. The smallest absolute Gasteiger partial charge is 0.416 e. The van der Waals surface area contributed by atoms with E-state index in [1.807, 2.05) is 0 Å². The first kappa shape index (κ1) is 25.8. The molecule has 0 saturated carbocycles. The number of methoxy groups -OCH3 is 2. The van der Waals surface area contributed by atoms with Gasteiger partial charge in [0.25, 0.3) is 0 Å². The summed E-state index contributed by atoms with van der Waals surface area (Å²) in [7, 11) is 3.17. The lowest BCUT2D eigenvalue weighted by atomic mass is 9.88. The first-order valence-electron chi connectivity index (χ1n) is 11.3. The second-order valence-corrected chi connectivity index (χ2v) is 9.11. The predicted molar refractivity (Wildman–Crippen MR) is 129 cm³/mol. The average Bonchev–Trinajstić information content (AvgIpc) is 2.79. The van der Waals surface area contributed by atoms with Crippen LogP contribution in [0, 0.1) is 12.3 Å². The van der Waals surface area contributed by atoms with Crippen molar-refractivity contribution in [3.63, 3.8) is 0 Å². The van der Waals surface area contributed by atoms with Crippen LogP contribution in [0.15, 0.2) is 30.3 Å². The van der Waals surface area contributed by atoms with Gasteiger partial charge in [-0.1, -0.05) is 0 Å². The van der Waals surface area contributed by atoms with Gasteiger partial charge in [-0.05, 0) is 43.7 Å². The van der Waals surface area contributed by atoms with Crippen molar-refractivity contribution < 1.29 is 32.1 Å². The Balaban J connectivity index is 1.67. The van der Waals surface area contributed by atoms with Gasteiger partial charge >= 0.3 is 6.18 Å². The molecule has 1 aliphatic rings. The summed E-state index contributed by atoms with van der Waals surface area (Å²) in [5, 5.41) is 3.85. The summed E-state index contributed by atoms with van der Waals surface area (Å²) in [4.78, 5) is 9.01. The number of anilines is 2. The summed E-state index contributed by atoms with van der Waals surface area (Å²) < 4.78 is 62.3. The van der Waals surface area contributed by atoms with Crippen molar-refractivity contribution in [3.05, 3.63) is 47.3 Å². The molecule has 1 fully saturated rings. The van der Waals surface area contributed by atoms with E-state index in [2.05, 4.69) is 15.3 Å². The van der Waals surface area contributed by atoms with E-state index in [1.54, 1.807) is 40.2 Å². The standard InChI is InChI=1S/C25H29F3N4O4/c1-14(16-5-17(25(26,27)28)7-18(29)6-16)30-23-19-8-22(36-13-24(10-33-3)11-35-12-24)21(34-4)9-20(19)31-15(2)32-23/h5-9,14H,10-13,29H2,1-4H3,(H,30,31,32)/t14-/m1/s1. The van der Waals surface area contributed by atoms with Crippen molar-refractivity contribution >= 4 is 22.4 Å². The summed E-state index contributed by atoms with van der Waals surface area (Å²) in [6.07, 6.45) is -4.50. The zero-order valence-corrected chi connectivity index (χ0v) is 20.5. The van der Waals surface area contributed by atoms with Gasteiger partial charge in [-0.15, -0.1) is 0 Å². The Morgan fingerprint density at radius 3 is 2.44 bits per heavy atom. The fourth-order valence-electron chi connectivity index (χ4n) is 4.15. The number of ether oxygens (including phenoxy) is 4. The van der Waals surface area contributed by atoms with E-state index in [1.165, 1.54) is 6.07 Å². The molecule has 4 rings (SSSR count). The minimum Gasteiger partial charge on any atom is -0.493 e. The molecule has 3 N–H and O–H groups in total. The quantitative estimate of drug-likeness (QED) is 0.401. The van der Waals surface area contributed by atoms with Gasteiger partial charge < -0.3 is 30.0 Å². The molecular formula is C25H29F3N4O4. The number of hydrogen-bond acceptors (Lipinski definition) is 8. The average molecular weight is 507 g/mol. The maximum atomic E-state index is 13.3. The van der Waals surface area contributed by atoms with Crippen molar-refractivity contribution in [2.45, 2.75) is 26.1 Å². The van der Waals surface area contributed by atoms with Crippen LogP contribution >= 0.6 is 0 Å². The molecule has 194 valence electrons. The van der Waals surface area contributed by atoms with Crippen LogP contribution in [-0.4, -0.2) is 50.6 Å². The van der Waals surface area contributed by atoms with E-state index in [9.17, 15) is 13.2 Å². The SMILES string of the molecule is COCC1(COc2cc3c(N[C@H](C)c4cc(N)cc(C(F)(F)F)c4)nc(C)nc3cc2OC)COC1. The summed E-state index contributed by atoms with van der Waals surface area (Å²) in [5.41, 5.74) is 5.72. The van der Waals surface area contributed by atoms with E-state index >= 15 is 0 Å². The Bertz CT molecular complexity index is 1250. The number of alkyl halides is 3. The van der Waals surface area contributed by atoms with Gasteiger partial charge in [-0.3, -0.25) is 0 Å². The van der Waals surface area contributed by atoms with Crippen LogP contribution in [0.5, 0.6) is 11.5 Å². The van der Waals surface area contributed by atoms with Crippen LogP contribution in [0.25, 0.3) is 10.9 Å². The Kier molecular flexibility index (Phi) is 7.14. The zero-order valence-electron chi connectivity index (χ0n) is 20.5. The number of nitrogen functional groups attached to an aromatic ring is 1. The highest BCUT2D eigenvalue weighted by Gasteiger charge is 2.40. The van der Waals surface area contributed by atoms with Gasteiger partial charge in [0, 0.05) is 24.2 Å². The molecule has 0 radical (unpaired) electrons. The lowest BCUT2D eigenvalue weighted by molar-refractivity contribution is -0.159. The highest BCUT2D eigenvalue weighted by Crippen LogP contribution is 2.38. The number of halogens is 3. The van der Waals surface area contributed by atoms with Gasteiger partial charge in [0.05, 0.1) is 49.5 Å². The highest BCUT2D eigenvalue weighted by atomic mass is 19.4. The molecule has 3 aromatic rings. The fraction of sp³-hybridized carbons (Fsp3) is 0.440. The molecule has 1 atom stereocenters. The molecule has 1 aliphatic heterocycles. The van der Waals surface area contributed by atoms with Crippen molar-refractivity contribution in [2.24, 2.45) is 5.41 Å². The summed E-state index contributed by atoms with van der Waals surface area (Å²) >= 11 is 0. The van der Waals surface area contributed by atoms with E-state index in [4.69, 9.17) is 24.7 Å². The van der Waals surface area contributed by atoms with Crippen LogP contribution in [0.4, 0.5) is 24.7 Å². The Hall–Kier alpha value is -3.31. The van der Waals surface area contributed by atoms with Gasteiger partial charge in [-0.2, -0.15) is 13.2 Å². The van der Waals surface area contributed by atoms with Crippen LogP contribution in [-0.2, 0) is 15.7 Å². The van der Waals surface area contributed by atoms with Crippen LogP contribution < -0.4 is 20.5 Å². The number of fused-ring (bicyclic) bond motifs is 1. The molecule has 0 aliphatic carbocycles. The maximum Gasteiger partial charge on any atom is 0.416 e. The van der Waals surface area contributed by atoms with E-state index in [0.29, 0.717) is 66.0 Å². The van der Waals surface area contributed by atoms with Gasteiger partial charge in [-0.25, -0.2) is 9.97 Å². The Morgan fingerprint density at radius 1 is 1.08 bits per heavy atom. The lowest BCUT2D eigenvalue weighted by Crippen LogP contribution is -2.50. The summed E-state index contributed by atoms with van der Waals surface area (Å²) in [6.45, 7) is 5.39. The molecular weight excluding hydrogens is 477 g/mol. The number of nitrogens with one attached hydrogen (secondary N) is 1. The van der Waals surface area contributed by atoms with Crippen LogP contribution in [0.3, 0.4) is 0 Å². The monoisotopic (exact) mass is 506 g/mol. The molecule has 11 heteroatoms. The minimum atomic E-state index is -4.50. The van der Waals surface area contributed by atoms with Crippen molar-refractivity contribution in [1.29, 1.82) is 0 Å². The van der Waals surface area contributed by atoms with Crippen molar-refractivity contribution in [3.8, 4) is 11.5 Å². The number of benzene rings is 2. The van der Waals surface area contributed by atoms with E-state index in [-0.39, 0.29) is 11.1 Å². The molecule has 0 unspecified atom stereocenters. The minimum absolute atomic E-state index is 0.0302. The van der Waals surface area contributed by atoms with Crippen LogP contribution in [0.1, 0.15) is 29.9 Å². The van der Waals surface area contributed by atoms with Crippen LogP contribution in [0.2, 0.25) is 0 Å². The molecule has 0 amide bonds. The number of nitrogens with two attached hydrogens (primary N) is 1. The molecule has 0 spiro atoms. The molecule has 8 nitrogen and oxygen atoms in total. The van der Waals surface area contributed by atoms with Gasteiger partial charge in [0.15, 0.2) is 11.5 Å².